The lowest BCUT2D eigenvalue weighted by molar-refractivity contribution is 0.108. The predicted molar refractivity (Wildman–Crippen MR) is 75.4 cm³/mol. The molecule has 1 unspecified atom stereocenters. The van der Waals surface area contributed by atoms with Gasteiger partial charge in [0, 0.05) is 12.1 Å². The molecule has 0 saturated carbocycles. The highest BCUT2D eigenvalue weighted by Crippen LogP contribution is 2.18. The summed E-state index contributed by atoms with van der Waals surface area (Å²) in [5.41, 5.74) is 1.28. The number of aliphatic hydroxyl groups is 1. The SMILES string of the molecule is CC(N[C@@H]1CC/C=C\CC[C@H]1O)c1ccccc1. The first kappa shape index (κ1) is 13.3. The molecule has 2 N–H and O–H groups in total. The summed E-state index contributed by atoms with van der Waals surface area (Å²) in [6.45, 7) is 2.16. The van der Waals surface area contributed by atoms with Gasteiger partial charge in [0.1, 0.15) is 0 Å². The summed E-state index contributed by atoms with van der Waals surface area (Å²) in [4.78, 5) is 0. The second-order valence-electron chi connectivity index (χ2n) is 5.10. The van der Waals surface area contributed by atoms with E-state index in [0.29, 0.717) is 0 Å². The Labute approximate surface area is 110 Å². The molecule has 0 radical (unpaired) electrons. The number of benzene rings is 1. The molecule has 2 rings (SSSR count). The van der Waals surface area contributed by atoms with E-state index in [-0.39, 0.29) is 18.2 Å². The van der Waals surface area contributed by atoms with Crippen molar-refractivity contribution in [1.82, 2.24) is 5.32 Å². The highest BCUT2D eigenvalue weighted by Gasteiger charge is 2.21. The van der Waals surface area contributed by atoms with Crippen molar-refractivity contribution < 1.29 is 5.11 Å². The molecule has 1 aromatic rings. The first-order chi connectivity index (χ1) is 8.77. The summed E-state index contributed by atoms with van der Waals surface area (Å²) in [5, 5.41) is 13.7. The second-order valence-corrected chi connectivity index (χ2v) is 5.10. The van der Waals surface area contributed by atoms with Gasteiger partial charge in [-0.25, -0.2) is 0 Å². The first-order valence-corrected chi connectivity index (χ1v) is 6.91. The Balaban J connectivity index is 1.96. The highest BCUT2D eigenvalue weighted by molar-refractivity contribution is 5.18. The maximum atomic E-state index is 10.2. The van der Waals surface area contributed by atoms with Gasteiger partial charge in [-0.2, -0.15) is 0 Å². The van der Waals surface area contributed by atoms with Crippen LogP contribution in [0.2, 0.25) is 0 Å². The van der Waals surface area contributed by atoms with E-state index >= 15 is 0 Å². The Hall–Kier alpha value is -1.12. The minimum absolute atomic E-state index is 0.199. The first-order valence-electron chi connectivity index (χ1n) is 6.91. The molecule has 1 aliphatic carbocycles. The average molecular weight is 245 g/mol. The summed E-state index contributed by atoms with van der Waals surface area (Å²) < 4.78 is 0. The average Bonchev–Trinajstić information content (AvgIpc) is 2.39. The molecule has 0 bridgehead atoms. The normalized spacial score (nSPS) is 28.1. The van der Waals surface area contributed by atoms with Crippen LogP contribution in [0.1, 0.15) is 44.2 Å². The Kier molecular flexibility index (Phi) is 4.97. The zero-order chi connectivity index (χ0) is 12.8. The van der Waals surface area contributed by atoms with Crippen molar-refractivity contribution in [3.8, 4) is 0 Å². The molecule has 1 aromatic carbocycles. The van der Waals surface area contributed by atoms with Crippen LogP contribution >= 0.6 is 0 Å². The molecule has 0 amide bonds. The lowest BCUT2D eigenvalue weighted by Gasteiger charge is -2.28. The molecule has 1 aliphatic rings. The molecule has 0 fully saturated rings. The van der Waals surface area contributed by atoms with Crippen molar-refractivity contribution in [2.45, 2.75) is 50.8 Å². The molecule has 18 heavy (non-hydrogen) atoms. The number of hydrogen-bond acceptors (Lipinski definition) is 2. The molecule has 2 nitrogen and oxygen atoms in total. The van der Waals surface area contributed by atoms with E-state index in [1.807, 2.05) is 6.07 Å². The number of rotatable bonds is 3. The maximum Gasteiger partial charge on any atom is 0.0696 e. The molecule has 0 spiro atoms. The monoisotopic (exact) mass is 245 g/mol. The van der Waals surface area contributed by atoms with Crippen LogP contribution in [0.3, 0.4) is 0 Å². The zero-order valence-corrected chi connectivity index (χ0v) is 11.0. The zero-order valence-electron chi connectivity index (χ0n) is 11.0. The van der Waals surface area contributed by atoms with E-state index in [0.717, 1.165) is 25.7 Å². The fourth-order valence-electron chi connectivity index (χ4n) is 2.53. The number of allylic oxidation sites excluding steroid dienone is 2. The highest BCUT2D eigenvalue weighted by atomic mass is 16.3. The smallest absolute Gasteiger partial charge is 0.0696 e. The van der Waals surface area contributed by atoms with Crippen molar-refractivity contribution in [2.24, 2.45) is 0 Å². The third-order valence-electron chi connectivity index (χ3n) is 3.67. The lowest BCUT2D eigenvalue weighted by Crippen LogP contribution is -2.41. The van der Waals surface area contributed by atoms with Crippen LogP contribution < -0.4 is 5.32 Å². The van der Waals surface area contributed by atoms with Gasteiger partial charge in [0.15, 0.2) is 0 Å². The second kappa shape index (κ2) is 6.72. The van der Waals surface area contributed by atoms with Gasteiger partial charge in [-0.1, -0.05) is 42.5 Å². The van der Waals surface area contributed by atoms with Gasteiger partial charge in [0.25, 0.3) is 0 Å². The molecular formula is C16H23NO. The largest absolute Gasteiger partial charge is 0.391 e. The van der Waals surface area contributed by atoms with Crippen molar-refractivity contribution in [3.63, 3.8) is 0 Å². The third kappa shape index (κ3) is 3.69. The molecule has 3 atom stereocenters. The molecule has 0 aliphatic heterocycles. The van der Waals surface area contributed by atoms with Crippen molar-refractivity contribution in [3.05, 3.63) is 48.0 Å². The van der Waals surface area contributed by atoms with Crippen LogP contribution in [-0.2, 0) is 0 Å². The van der Waals surface area contributed by atoms with Crippen LogP contribution in [0.4, 0.5) is 0 Å². The molecule has 98 valence electrons. The van der Waals surface area contributed by atoms with Crippen LogP contribution in [-0.4, -0.2) is 17.3 Å². The maximum absolute atomic E-state index is 10.2. The number of hydrogen-bond donors (Lipinski definition) is 2. The lowest BCUT2D eigenvalue weighted by atomic mass is 9.96. The van der Waals surface area contributed by atoms with E-state index in [4.69, 9.17) is 0 Å². The summed E-state index contributed by atoms with van der Waals surface area (Å²) in [6.07, 6.45) is 8.08. The Morgan fingerprint density at radius 3 is 2.50 bits per heavy atom. The van der Waals surface area contributed by atoms with Gasteiger partial charge in [-0.3, -0.25) is 0 Å². The molecular weight excluding hydrogens is 222 g/mol. The Bertz CT molecular complexity index is 374. The Morgan fingerprint density at radius 2 is 1.78 bits per heavy atom. The fraction of sp³-hybridized carbons (Fsp3) is 0.500. The summed E-state index contributed by atoms with van der Waals surface area (Å²) in [6, 6.07) is 10.9. The van der Waals surface area contributed by atoms with Crippen LogP contribution in [0.15, 0.2) is 42.5 Å². The topological polar surface area (TPSA) is 32.3 Å². The van der Waals surface area contributed by atoms with E-state index < -0.39 is 0 Å². The van der Waals surface area contributed by atoms with Crippen molar-refractivity contribution >= 4 is 0 Å². The summed E-state index contributed by atoms with van der Waals surface area (Å²) in [5.74, 6) is 0. The summed E-state index contributed by atoms with van der Waals surface area (Å²) in [7, 11) is 0. The van der Waals surface area contributed by atoms with Gasteiger partial charge in [0.05, 0.1) is 6.10 Å². The van der Waals surface area contributed by atoms with Gasteiger partial charge in [-0.05, 0) is 38.2 Å². The van der Waals surface area contributed by atoms with Crippen molar-refractivity contribution in [2.75, 3.05) is 0 Å². The predicted octanol–water partition coefficient (Wildman–Crippen LogP) is 3.20. The number of nitrogens with one attached hydrogen (secondary N) is 1. The van der Waals surface area contributed by atoms with E-state index in [1.54, 1.807) is 0 Å². The van der Waals surface area contributed by atoms with Gasteiger partial charge >= 0.3 is 0 Å². The molecule has 2 heteroatoms. The summed E-state index contributed by atoms with van der Waals surface area (Å²) >= 11 is 0. The number of aliphatic hydroxyl groups excluding tert-OH is 1. The van der Waals surface area contributed by atoms with Crippen LogP contribution in [0.25, 0.3) is 0 Å². The standard InChI is InChI=1S/C16H23NO/c1-13(14-9-5-4-6-10-14)17-15-11-7-2-3-8-12-16(15)18/h2-6,9-10,13,15-18H,7-8,11-12H2,1H3/b3-2-/t13?,15-,16-/m1/s1. The van der Waals surface area contributed by atoms with E-state index in [1.165, 1.54) is 5.56 Å². The molecule has 0 aromatic heterocycles. The molecule has 0 saturated heterocycles. The van der Waals surface area contributed by atoms with Crippen molar-refractivity contribution in [1.29, 1.82) is 0 Å². The van der Waals surface area contributed by atoms with E-state index in [2.05, 4.69) is 48.7 Å². The van der Waals surface area contributed by atoms with Crippen LogP contribution in [0, 0.1) is 0 Å². The van der Waals surface area contributed by atoms with Gasteiger partial charge in [0.2, 0.25) is 0 Å². The minimum Gasteiger partial charge on any atom is -0.391 e. The van der Waals surface area contributed by atoms with Crippen LogP contribution in [0.5, 0.6) is 0 Å². The quantitative estimate of drug-likeness (QED) is 0.802. The minimum atomic E-state index is -0.235. The van der Waals surface area contributed by atoms with E-state index in [9.17, 15) is 5.11 Å². The third-order valence-corrected chi connectivity index (χ3v) is 3.67. The Morgan fingerprint density at radius 1 is 1.11 bits per heavy atom. The fourth-order valence-corrected chi connectivity index (χ4v) is 2.53. The van der Waals surface area contributed by atoms with Gasteiger partial charge in [-0.15, -0.1) is 0 Å². The molecule has 0 heterocycles. The van der Waals surface area contributed by atoms with Gasteiger partial charge < -0.3 is 10.4 Å².